The molecule has 2 nitrogen and oxygen atoms in total. The Kier molecular flexibility index (Phi) is 3.72. The van der Waals surface area contributed by atoms with E-state index in [1.807, 2.05) is 0 Å². The van der Waals surface area contributed by atoms with Crippen LogP contribution in [0.4, 0.5) is 18.9 Å². The molecule has 0 saturated carbocycles. The first-order chi connectivity index (χ1) is 9.30. The van der Waals surface area contributed by atoms with Crippen molar-refractivity contribution in [1.82, 2.24) is 0 Å². The summed E-state index contributed by atoms with van der Waals surface area (Å²) in [6, 6.07) is 9.57. The van der Waals surface area contributed by atoms with Gasteiger partial charge in [-0.15, -0.1) is 0 Å². The Bertz CT molecular complexity index is 653. The molecule has 0 atom stereocenters. The molecule has 2 rings (SSSR count). The van der Waals surface area contributed by atoms with Gasteiger partial charge in [-0.2, -0.15) is 13.2 Å². The summed E-state index contributed by atoms with van der Waals surface area (Å²) in [5, 5.41) is -0.528. The minimum Gasteiger partial charge on any atom is -0.398 e. The number of carbonyl (C=O) groups excluding carboxylic acids is 1. The normalized spacial score (nSPS) is 11.4. The number of halogens is 4. The number of hydrogen-bond acceptors (Lipinski definition) is 2. The van der Waals surface area contributed by atoms with Crippen molar-refractivity contribution in [2.75, 3.05) is 5.73 Å². The lowest BCUT2D eigenvalue weighted by Crippen LogP contribution is -2.11. The summed E-state index contributed by atoms with van der Waals surface area (Å²) in [6.07, 6.45) is -4.64. The molecule has 0 radical (unpaired) electrons. The third kappa shape index (κ3) is 2.77. The van der Waals surface area contributed by atoms with Gasteiger partial charge in [-0.25, -0.2) is 0 Å². The van der Waals surface area contributed by atoms with Crippen molar-refractivity contribution in [2.24, 2.45) is 0 Å². The van der Waals surface area contributed by atoms with Crippen molar-refractivity contribution >= 4 is 23.1 Å². The van der Waals surface area contributed by atoms with Crippen molar-refractivity contribution in [1.29, 1.82) is 0 Å². The number of rotatable bonds is 2. The molecule has 20 heavy (non-hydrogen) atoms. The van der Waals surface area contributed by atoms with E-state index in [1.165, 1.54) is 12.1 Å². The fraction of sp³-hybridized carbons (Fsp3) is 0.0714. The summed E-state index contributed by atoms with van der Waals surface area (Å²) in [4.78, 5) is 12.2. The molecule has 0 aliphatic heterocycles. The molecule has 0 aromatic heterocycles. The van der Waals surface area contributed by atoms with Crippen molar-refractivity contribution in [3.8, 4) is 0 Å². The smallest absolute Gasteiger partial charge is 0.398 e. The molecule has 0 unspecified atom stereocenters. The Hall–Kier alpha value is -2.01. The molecule has 104 valence electrons. The number of ketones is 1. The molecular formula is C14H9ClF3NO. The monoisotopic (exact) mass is 299 g/mol. The van der Waals surface area contributed by atoms with Gasteiger partial charge < -0.3 is 5.73 Å². The second kappa shape index (κ2) is 5.17. The van der Waals surface area contributed by atoms with Crippen LogP contribution < -0.4 is 5.73 Å². The van der Waals surface area contributed by atoms with Gasteiger partial charge >= 0.3 is 6.18 Å². The van der Waals surface area contributed by atoms with Crippen molar-refractivity contribution in [2.45, 2.75) is 6.18 Å². The molecule has 0 amide bonds. The summed E-state index contributed by atoms with van der Waals surface area (Å²) in [6.45, 7) is 0. The zero-order valence-electron chi connectivity index (χ0n) is 10.0. The first kappa shape index (κ1) is 14.4. The maximum absolute atomic E-state index is 12.8. The van der Waals surface area contributed by atoms with Crippen LogP contribution in [0.2, 0.25) is 5.02 Å². The lowest BCUT2D eigenvalue weighted by molar-refractivity contribution is -0.137. The highest BCUT2D eigenvalue weighted by Crippen LogP contribution is 2.37. The van der Waals surface area contributed by atoms with Crippen LogP contribution in [0.25, 0.3) is 0 Å². The molecule has 0 spiro atoms. The largest absolute Gasteiger partial charge is 0.417 e. The lowest BCUT2D eigenvalue weighted by Gasteiger charge is -2.12. The molecule has 0 saturated heterocycles. The highest BCUT2D eigenvalue weighted by molar-refractivity contribution is 6.32. The van der Waals surface area contributed by atoms with Crippen LogP contribution in [-0.2, 0) is 6.18 Å². The van der Waals surface area contributed by atoms with E-state index < -0.39 is 22.5 Å². The number of nitrogen functional groups attached to an aromatic ring is 1. The van der Waals surface area contributed by atoms with Gasteiger partial charge in [0.05, 0.1) is 10.6 Å². The van der Waals surface area contributed by atoms with E-state index in [0.717, 1.165) is 6.07 Å². The van der Waals surface area contributed by atoms with Crippen LogP contribution in [-0.4, -0.2) is 5.78 Å². The standard InChI is InChI=1S/C14H9ClF3NO/c15-11-7-12(19)9(6-10(11)14(16,17)18)13(20)8-4-2-1-3-5-8/h1-7H,19H2. The molecule has 2 aromatic rings. The van der Waals surface area contributed by atoms with E-state index in [2.05, 4.69) is 0 Å². The van der Waals surface area contributed by atoms with Crippen LogP contribution in [0.1, 0.15) is 21.5 Å². The Morgan fingerprint density at radius 3 is 2.25 bits per heavy atom. The summed E-state index contributed by atoms with van der Waals surface area (Å²) in [5.74, 6) is -0.578. The highest BCUT2D eigenvalue weighted by Gasteiger charge is 2.34. The fourth-order valence-corrected chi connectivity index (χ4v) is 2.03. The minimum atomic E-state index is -4.64. The quantitative estimate of drug-likeness (QED) is 0.668. The Morgan fingerprint density at radius 1 is 1.10 bits per heavy atom. The predicted octanol–water partition coefficient (Wildman–Crippen LogP) is 4.17. The van der Waals surface area contributed by atoms with E-state index in [9.17, 15) is 18.0 Å². The Morgan fingerprint density at radius 2 is 1.70 bits per heavy atom. The van der Waals surface area contributed by atoms with Crippen LogP contribution in [0.15, 0.2) is 42.5 Å². The first-order valence-electron chi connectivity index (χ1n) is 5.56. The second-order valence-corrected chi connectivity index (χ2v) is 4.52. The number of hydrogen-bond donors (Lipinski definition) is 1. The topological polar surface area (TPSA) is 43.1 Å². The zero-order valence-corrected chi connectivity index (χ0v) is 10.8. The number of nitrogens with two attached hydrogens (primary N) is 1. The van der Waals surface area contributed by atoms with E-state index in [0.29, 0.717) is 6.07 Å². The van der Waals surface area contributed by atoms with Gasteiger partial charge in [-0.05, 0) is 12.1 Å². The number of anilines is 1. The number of alkyl halides is 3. The second-order valence-electron chi connectivity index (χ2n) is 4.11. The molecule has 2 aromatic carbocycles. The van der Waals surface area contributed by atoms with Gasteiger partial charge in [0.1, 0.15) is 0 Å². The molecule has 0 fully saturated rings. The van der Waals surface area contributed by atoms with Crippen molar-refractivity contribution in [3.63, 3.8) is 0 Å². The number of carbonyl (C=O) groups is 1. The maximum Gasteiger partial charge on any atom is 0.417 e. The summed E-state index contributed by atoms with van der Waals surface area (Å²) in [7, 11) is 0. The van der Waals surface area contributed by atoms with Gasteiger partial charge in [0.25, 0.3) is 0 Å². The molecule has 6 heteroatoms. The third-order valence-electron chi connectivity index (χ3n) is 2.73. The average Bonchev–Trinajstić information content (AvgIpc) is 2.37. The van der Waals surface area contributed by atoms with Gasteiger partial charge in [-0.3, -0.25) is 4.79 Å². The molecule has 0 aliphatic carbocycles. The molecule has 0 aliphatic rings. The van der Waals surface area contributed by atoms with Gasteiger partial charge in [0.15, 0.2) is 5.78 Å². The highest BCUT2D eigenvalue weighted by atomic mass is 35.5. The predicted molar refractivity (Wildman–Crippen MR) is 70.7 cm³/mol. The zero-order chi connectivity index (χ0) is 14.9. The van der Waals surface area contributed by atoms with Crippen LogP contribution >= 0.6 is 11.6 Å². The molecule has 2 N–H and O–H groups in total. The van der Waals surface area contributed by atoms with Crippen LogP contribution in [0.3, 0.4) is 0 Å². The Labute approximate surface area is 118 Å². The van der Waals surface area contributed by atoms with E-state index in [4.69, 9.17) is 17.3 Å². The number of benzene rings is 2. The summed E-state index contributed by atoms with van der Waals surface area (Å²) in [5.41, 5.74) is 4.48. The molecule has 0 heterocycles. The first-order valence-corrected chi connectivity index (χ1v) is 5.94. The van der Waals surface area contributed by atoms with Crippen molar-refractivity contribution in [3.05, 3.63) is 64.2 Å². The lowest BCUT2D eigenvalue weighted by atomic mass is 9.99. The summed E-state index contributed by atoms with van der Waals surface area (Å²) >= 11 is 5.53. The maximum atomic E-state index is 12.8. The van der Waals surface area contributed by atoms with Gasteiger partial charge in [-0.1, -0.05) is 41.9 Å². The average molecular weight is 300 g/mol. The fourth-order valence-electron chi connectivity index (χ4n) is 1.75. The molecular weight excluding hydrogens is 291 g/mol. The third-order valence-corrected chi connectivity index (χ3v) is 3.04. The van der Waals surface area contributed by atoms with Crippen LogP contribution in [0, 0.1) is 0 Å². The van der Waals surface area contributed by atoms with E-state index in [-0.39, 0.29) is 16.8 Å². The minimum absolute atomic E-state index is 0.0862. The van der Waals surface area contributed by atoms with Gasteiger partial charge in [0, 0.05) is 16.8 Å². The Balaban J connectivity index is 2.55. The summed E-state index contributed by atoms with van der Waals surface area (Å²) < 4.78 is 38.4. The van der Waals surface area contributed by atoms with Gasteiger partial charge in [0.2, 0.25) is 0 Å². The van der Waals surface area contributed by atoms with E-state index >= 15 is 0 Å². The molecule has 0 bridgehead atoms. The van der Waals surface area contributed by atoms with Crippen molar-refractivity contribution < 1.29 is 18.0 Å². The van der Waals surface area contributed by atoms with Crippen LogP contribution in [0.5, 0.6) is 0 Å². The van der Waals surface area contributed by atoms with E-state index in [1.54, 1.807) is 18.2 Å². The SMILES string of the molecule is Nc1cc(Cl)c(C(F)(F)F)cc1C(=O)c1ccccc1.